The molecule has 0 unspecified atom stereocenters. The molecule has 0 radical (unpaired) electrons. The van der Waals surface area contributed by atoms with E-state index < -0.39 is 0 Å². The van der Waals surface area contributed by atoms with Crippen LogP contribution in [-0.4, -0.2) is 30.5 Å². The molecule has 0 spiro atoms. The van der Waals surface area contributed by atoms with Gasteiger partial charge in [0, 0.05) is 23.1 Å². The number of nitrogens with one attached hydrogen (secondary N) is 1. The molecule has 108 valence electrons. The molecule has 0 saturated heterocycles. The molecule has 3 rings (SSSR count). The number of H-pyrrole nitrogens is 1. The number of aromatic nitrogens is 1. The maximum Gasteiger partial charge on any atom is 0.0497 e. The summed E-state index contributed by atoms with van der Waals surface area (Å²) in [5.41, 5.74) is 6.49. The zero-order valence-electron chi connectivity index (χ0n) is 13.0. The van der Waals surface area contributed by atoms with Crippen LogP contribution in [-0.2, 0) is 6.42 Å². The third-order valence-electron chi connectivity index (χ3n) is 3.93. The first-order valence-corrected chi connectivity index (χ1v) is 7.46. The largest absolute Gasteiger partial charge is 0.354 e. The fourth-order valence-corrected chi connectivity index (χ4v) is 2.81. The standard InChI is InChI=1S/C19H22N2/c1-14-9-10-18-17(13-14)16(11-12-21(2)3)19(20-18)15-7-5-4-6-8-15/h4-10,13,20H,11-12H2,1-3H3. The Kier molecular flexibility index (Phi) is 3.80. The molecule has 0 aliphatic heterocycles. The minimum Gasteiger partial charge on any atom is -0.354 e. The Morgan fingerprint density at radius 1 is 1.00 bits per heavy atom. The van der Waals surface area contributed by atoms with Gasteiger partial charge in [-0.05, 0) is 50.7 Å². The van der Waals surface area contributed by atoms with Crippen LogP contribution in [0.1, 0.15) is 11.1 Å². The van der Waals surface area contributed by atoms with Gasteiger partial charge >= 0.3 is 0 Å². The average Bonchev–Trinajstić information content (AvgIpc) is 2.84. The highest BCUT2D eigenvalue weighted by molar-refractivity contribution is 5.91. The van der Waals surface area contributed by atoms with Crippen molar-refractivity contribution in [2.24, 2.45) is 0 Å². The van der Waals surface area contributed by atoms with Crippen molar-refractivity contribution in [1.82, 2.24) is 9.88 Å². The Balaban J connectivity index is 2.16. The van der Waals surface area contributed by atoms with Crippen molar-refractivity contribution >= 4 is 10.9 Å². The van der Waals surface area contributed by atoms with Gasteiger partial charge in [-0.2, -0.15) is 0 Å². The molecule has 0 fully saturated rings. The maximum atomic E-state index is 3.61. The molecule has 2 nitrogen and oxygen atoms in total. The molecule has 2 aromatic carbocycles. The molecule has 2 heteroatoms. The van der Waals surface area contributed by atoms with E-state index in [1.807, 2.05) is 0 Å². The Morgan fingerprint density at radius 3 is 2.48 bits per heavy atom. The highest BCUT2D eigenvalue weighted by Crippen LogP contribution is 2.31. The van der Waals surface area contributed by atoms with Crippen molar-refractivity contribution in [3.05, 3.63) is 59.7 Å². The van der Waals surface area contributed by atoms with E-state index in [0.29, 0.717) is 0 Å². The molecule has 1 N–H and O–H groups in total. The molecule has 1 aromatic heterocycles. The highest BCUT2D eigenvalue weighted by Gasteiger charge is 2.13. The van der Waals surface area contributed by atoms with Crippen LogP contribution in [0.2, 0.25) is 0 Å². The van der Waals surface area contributed by atoms with Gasteiger partial charge in [-0.15, -0.1) is 0 Å². The Morgan fingerprint density at radius 2 is 1.76 bits per heavy atom. The number of nitrogens with zero attached hydrogens (tertiary/aromatic N) is 1. The van der Waals surface area contributed by atoms with Gasteiger partial charge in [-0.1, -0.05) is 42.0 Å². The fraction of sp³-hybridized carbons (Fsp3) is 0.263. The maximum absolute atomic E-state index is 3.61. The summed E-state index contributed by atoms with van der Waals surface area (Å²) >= 11 is 0. The molecule has 0 aliphatic carbocycles. The van der Waals surface area contributed by atoms with Crippen molar-refractivity contribution in [3.8, 4) is 11.3 Å². The van der Waals surface area contributed by atoms with E-state index in [4.69, 9.17) is 0 Å². The molecular weight excluding hydrogens is 256 g/mol. The number of hydrogen-bond acceptors (Lipinski definition) is 1. The van der Waals surface area contributed by atoms with Gasteiger partial charge in [-0.25, -0.2) is 0 Å². The lowest BCUT2D eigenvalue weighted by Gasteiger charge is -2.10. The van der Waals surface area contributed by atoms with E-state index in [0.717, 1.165) is 13.0 Å². The van der Waals surface area contributed by atoms with E-state index in [1.54, 1.807) is 0 Å². The van der Waals surface area contributed by atoms with E-state index in [9.17, 15) is 0 Å². The lowest BCUT2D eigenvalue weighted by atomic mass is 10.0. The van der Waals surface area contributed by atoms with Gasteiger partial charge < -0.3 is 9.88 Å². The minimum atomic E-state index is 1.06. The Hall–Kier alpha value is -2.06. The van der Waals surface area contributed by atoms with Crippen molar-refractivity contribution < 1.29 is 0 Å². The number of aryl methyl sites for hydroxylation is 1. The Bertz CT molecular complexity index is 739. The number of hydrogen-bond donors (Lipinski definition) is 1. The SMILES string of the molecule is Cc1ccc2[nH]c(-c3ccccc3)c(CCN(C)C)c2c1. The predicted octanol–water partition coefficient (Wildman–Crippen LogP) is 4.25. The monoisotopic (exact) mass is 278 g/mol. The first-order chi connectivity index (χ1) is 10.1. The molecular formula is C19H22N2. The minimum absolute atomic E-state index is 1.06. The summed E-state index contributed by atoms with van der Waals surface area (Å²) in [5.74, 6) is 0. The first-order valence-electron chi connectivity index (χ1n) is 7.46. The van der Waals surface area contributed by atoms with Crippen molar-refractivity contribution in [3.63, 3.8) is 0 Å². The molecule has 0 atom stereocenters. The number of fused-ring (bicyclic) bond motifs is 1. The number of benzene rings is 2. The van der Waals surface area contributed by atoms with Crippen molar-refractivity contribution in [1.29, 1.82) is 0 Å². The van der Waals surface area contributed by atoms with E-state index >= 15 is 0 Å². The van der Waals surface area contributed by atoms with Gasteiger partial charge in [0.05, 0.1) is 0 Å². The molecule has 0 bridgehead atoms. The second-order valence-corrected chi connectivity index (χ2v) is 5.95. The number of likely N-dealkylation sites (N-methyl/N-ethyl adjacent to an activating group) is 1. The molecule has 0 amide bonds. The van der Waals surface area contributed by atoms with Gasteiger partial charge in [0.15, 0.2) is 0 Å². The lowest BCUT2D eigenvalue weighted by Crippen LogP contribution is -2.15. The van der Waals surface area contributed by atoms with Crippen LogP contribution in [0.4, 0.5) is 0 Å². The smallest absolute Gasteiger partial charge is 0.0497 e. The van der Waals surface area contributed by atoms with Crippen LogP contribution < -0.4 is 0 Å². The van der Waals surface area contributed by atoms with Crippen molar-refractivity contribution in [2.45, 2.75) is 13.3 Å². The lowest BCUT2D eigenvalue weighted by molar-refractivity contribution is 0.414. The van der Waals surface area contributed by atoms with Gasteiger partial charge in [-0.3, -0.25) is 0 Å². The molecule has 3 aromatic rings. The summed E-state index contributed by atoms with van der Waals surface area (Å²) < 4.78 is 0. The van der Waals surface area contributed by atoms with Crippen LogP contribution in [0.5, 0.6) is 0 Å². The van der Waals surface area contributed by atoms with Crippen LogP contribution >= 0.6 is 0 Å². The van der Waals surface area contributed by atoms with E-state index in [2.05, 4.69) is 79.4 Å². The topological polar surface area (TPSA) is 19.0 Å². The van der Waals surface area contributed by atoms with Crippen LogP contribution in [0.15, 0.2) is 48.5 Å². The summed E-state index contributed by atoms with van der Waals surface area (Å²) in [6, 6.07) is 17.3. The van der Waals surface area contributed by atoms with Gasteiger partial charge in [0.2, 0.25) is 0 Å². The van der Waals surface area contributed by atoms with Crippen molar-refractivity contribution in [2.75, 3.05) is 20.6 Å². The van der Waals surface area contributed by atoms with E-state index in [1.165, 1.54) is 33.3 Å². The molecule has 0 aliphatic rings. The predicted molar refractivity (Wildman–Crippen MR) is 90.7 cm³/mol. The zero-order valence-corrected chi connectivity index (χ0v) is 13.0. The highest BCUT2D eigenvalue weighted by atomic mass is 15.0. The summed E-state index contributed by atoms with van der Waals surface area (Å²) in [6.07, 6.45) is 1.06. The van der Waals surface area contributed by atoms with Crippen LogP contribution in [0, 0.1) is 6.92 Å². The first kappa shape index (κ1) is 13.9. The molecule has 1 heterocycles. The quantitative estimate of drug-likeness (QED) is 0.756. The van der Waals surface area contributed by atoms with Crippen LogP contribution in [0.25, 0.3) is 22.2 Å². The normalized spacial score (nSPS) is 11.4. The number of aromatic amines is 1. The number of rotatable bonds is 4. The summed E-state index contributed by atoms with van der Waals surface area (Å²) in [5, 5.41) is 1.36. The zero-order chi connectivity index (χ0) is 14.8. The van der Waals surface area contributed by atoms with Gasteiger partial charge in [0.25, 0.3) is 0 Å². The summed E-state index contributed by atoms with van der Waals surface area (Å²) in [4.78, 5) is 5.85. The Labute approximate surface area is 126 Å². The average molecular weight is 278 g/mol. The fourth-order valence-electron chi connectivity index (χ4n) is 2.81. The summed E-state index contributed by atoms with van der Waals surface area (Å²) in [7, 11) is 4.25. The summed E-state index contributed by atoms with van der Waals surface area (Å²) in [6.45, 7) is 3.21. The second kappa shape index (κ2) is 5.74. The molecule has 0 saturated carbocycles. The van der Waals surface area contributed by atoms with Gasteiger partial charge in [0.1, 0.15) is 0 Å². The third-order valence-corrected chi connectivity index (χ3v) is 3.93. The molecule has 21 heavy (non-hydrogen) atoms. The van der Waals surface area contributed by atoms with E-state index in [-0.39, 0.29) is 0 Å². The third kappa shape index (κ3) is 2.86. The van der Waals surface area contributed by atoms with Crippen LogP contribution in [0.3, 0.4) is 0 Å². The second-order valence-electron chi connectivity index (χ2n) is 5.95.